The Balaban J connectivity index is 1.67. The third kappa shape index (κ3) is 4.61. The molecule has 0 atom stereocenters. The van der Waals surface area contributed by atoms with Crippen molar-refractivity contribution < 1.29 is 9.53 Å². The van der Waals surface area contributed by atoms with Crippen molar-refractivity contribution in [2.45, 2.75) is 19.9 Å². The Morgan fingerprint density at radius 1 is 1.06 bits per heavy atom. The zero-order valence-corrected chi connectivity index (χ0v) is 17.6. The molecule has 4 rings (SSSR count). The molecule has 2 aromatic carbocycles. The first-order valence-electron chi connectivity index (χ1n) is 9.96. The fourth-order valence-corrected chi connectivity index (χ4v) is 3.25. The molecule has 0 unspecified atom stereocenters. The Bertz CT molecular complexity index is 1230. The zero-order chi connectivity index (χ0) is 21.8. The van der Waals surface area contributed by atoms with Crippen LogP contribution in [-0.2, 0) is 0 Å². The van der Waals surface area contributed by atoms with Crippen LogP contribution >= 0.6 is 0 Å². The predicted octanol–water partition coefficient (Wildman–Crippen LogP) is 4.77. The summed E-state index contributed by atoms with van der Waals surface area (Å²) in [7, 11) is 1.63. The molecule has 0 bridgehead atoms. The van der Waals surface area contributed by atoms with Crippen LogP contribution in [0.25, 0.3) is 22.0 Å². The van der Waals surface area contributed by atoms with Crippen LogP contribution in [0.3, 0.4) is 0 Å². The molecule has 0 saturated heterocycles. The van der Waals surface area contributed by atoms with E-state index in [2.05, 4.69) is 25.6 Å². The molecular formula is C24H23N5O2. The summed E-state index contributed by atoms with van der Waals surface area (Å²) < 4.78 is 5.64. The summed E-state index contributed by atoms with van der Waals surface area (Å²) in [4.78, 5) is 25.4. The molecule has 0 spiro atoms. The lowest BCUT2D eigenvalue weighted by Crippen LogP contribution is -2.12. The smallest absolute Gasteiger partial charge is 0.255 e. The second-order valence-corrected chi connectivity index (χ2v) is 7.37. The molecule has 2 N–H and O–H groups in total. The van der Waals surface area contributed by atoms with E-state index in [-0.39, 0.29) is 11.9 Å². The Labute approximate surface area is 180 Å². The number of pyridine rings is 1. The van der Waals surface area contributed by atoms with E-state index in [9.17, 15) is 4.79 Å². The Kier molecular flexibility index (Phi) is 5.75. The maximum Gasteiger partial charge on any atom is 0.255 e. The van der Waals surface area contributed by atoms with Crippen molar-refractivity contribution in [2.24, 2.45) is 0 Å². The van der Waals surface area contributed by atoms with Gasteiger partial charge in [-0.05, 0) is 49.7 Å². The topological polar surface area (TPSA) is 89.0 Å². The van der Waals surface area contributed by atoms with Crippen molar-refractivity contribution in [3.8, 4) is 16.9 Å². The van der Waals surface area contributed by atoms with Crippen molar-refractivity contribution in [1.82, 2.24) is 15.0 Å². The fourth-order valence-electron chi connectivity index (χ4n) is 3.25. The average Bonchev–Trinajstić information content (AvgIpc) is 2.78. The third-order valence-corrected chi connectivity index (χ3v) is 4.69. The van der Waals surface area contributed by atoms with Crippen LogP contribution in [0.5, 0.6) is 5.75 Å². The minimum absolute atomic E-state index is 0.191. The lowest BCUT2D eigenvalue weighted by Gasteiger charge is -2.13. The molecule has 7 heteroatoms. The highest BCUT2D eigenvalue weighted by molar-refractivity contribution is 6.04. The molecule has 4 aromatic rings. The lowest BCUT2D eigenvalue weighted by atomic mass is 10.0. The maximum atomic E-state index is 12.5. The maximum absolute atomic E-state index is 12.5. The monoisotopic (exact) mass is 413 g/mol. The summed E-state index contributed by atoms with van der Waals surface area (Å²) in [6, 6.07) is 15.1. The van der Waals surface area contributed by atoms with Gasteiger partial charge in [0, 0.05) is 52.9 Å². The van der Waals surface area contributed by atoms with Gasteiger partial charge in [-0.1, -0.05) is 12.1 Å². The summed E-state index contributed by atoms with van der Waals surface area (Å²) in [5.74, 6) is 1.08. The van der Waals surface area contributed by atoms with Crippen molar-refractivity contribution >= 4 is 28.4 Å². The summed E-state index contributed by atoms with van der Waals surface area (Å²) in [6.07, 6.45) is 4.98. The molecule has 7 nitrogen and oxygen atoms in total. The molecule has 0 fully saturated rings. The molecular weight excluding hydrogens is 390 g/mol. The number of amides is 1. The zero-order valence-electron chi connectivity index (χ0n) is 17.6. The van der Waals surface area contributed by atoms with E-state index >= 15 is 0 Å². The first-order valence-corrected chi connectivity index (χ1v) is 9.96. The molecule has 2 aromatic heterocycles. The number of hydrogen-bond acceptors (Lipinski definition) is 6. The second kappa shape index (κ2) is 8.79. The van der Waals surface area contributed by atoms with E-state index in [1.54, 1.807) is 37.8 Å². The van der Waals surface area contributed by atoms with Gasteiger partial charge in [0.25, 0.3) is 5.91 Å². The molecule has 156 valence electrons. The Morgan fingerprint density at radius 3 is 2.61 bits per heavy atom. The van der Waals surface area contributed by atoms with Crippen molar-refractivity contribution in [2.75, 3.05) is 17.7 Å². The number of carbonyl (C=O) groups is 1. The van der Waals surface area contributed by atoms with Crippen molar-refractivity contribution in [3.63, 3.8) is 0 Å². The minimum atomic E-state index is -0.191. The number of methoxy groups -OCH3 is 1. The number of nitrogens with zero attached hydrogens (tertiary/aromatic N) is 3. The van der Waals surface area contributed by atoms with Crippen LogP contribution in [0.4, 0.5) is 11.6 Å². The van der Waals surface area contributed by atoms with E-state index in [4.69, 9.17) is 4.74 Å². The van der Waals surface area contributed by atoms with Gasteiger partial charge in [-0.15, -0.1) is 0 Å². The second-order valence-electron chi connectivity index (χ2n) is 7.37. The molecule has 1 amide bonds. The molecule has 0 radical (unpaired) electrons. The number of anilines is 2. The van der Waals surface area contributed by atoms with Gasteiger partial charge in [-0.3, -0.25) is 9.78 Å². The predicted molar refractivity (Wildman–Crippen MR) is 122 cm³/mol. The highest BCUT2D eigenvalue weighted by Crippen LogP contribution is 2.35. The normalized spacial score (nSPS) is 10.8. The van der Waals surface area contributed by atoms with Gasteiger partial charge < -0.3 is 15.4 Å². The summed E-state index contributed by atoms with van der Waals surface area (Å²) in [5, 5.41) is 7.04. The van der Waals surface area contributed by atoms with Gasteiger partial charge in [0.1, 0.15) is 5.75 Å². The van der Waals surface area contributed by atoms with E-state index in [1.807, 2.05) is 50.2 Å². The first kappa shape index (κ1) is 20.3. The van der Waals surface area contributed by atoms with Gasteiger partial charge >= 0.3 is 0 Å². The number of nitrogens with one attached hydrogen (secondary N) is 2. The van der Waals surface area contributed by atoms with Crippen molar-refractivity contribution in [3.05, 3.63) is 72.7 Å². The van der Waals surface area contributed by atoms with Crippen LogP contribution in [-0.4, -0.2) is 34.0 Å². The number of aromatic nitrogens is 3. The molecule has 0 aliphatic heterocycles. The van der Waals surface area contributed by atoms with Crippen LogP contribution in [0.15, 0.2) is 67.1 Å². The number of rotatable bonds is 6. The quantitative estimate of drug-likeness (QED) is 0.473. The summed E-state index contributed by atoms with van der Waals surface area (Å²) in [5.41, 5.74) is 3.83. The summed E-state index contributed by atoms with van der Waals surface area (Å²) in [6.45, 7) is 4.08. The fraction of sp³-hybridized carbons (Fsp3) is 0.167. The average molecular weight is 413 g/mol. The first-order chi connectivity index (χ1) is 15.0. The number of hydrogen-bond donors (Lipinski definition) is 2. The Hall–Kier alpha value is -4.00. The number of ether oxygens (including phenoxy) is 1. The van der Waals surface area contributed by atoms with Gasteiger partial charge in [0.15, 0.2) is 0 Å². The van der Waals surface area contributed by atoms with E-state index in [1.165, 1.54) is 0 Å². The Morgan fingerprint density at radius 2 is 1.87 bits per heavy atom. The number of carbonyl (C=O) groups excluding carboxylic acids is 1. The van der Waals surface area contributed by atoms with Crippen LogP contribution in [0, 0.1) is 0 Å². The minimum Gasteiger partial charge on any atom is -0.496 e. The van der Waals surface area contributed by atoms with Crippen LogP contribution < -0.4 is 15.4 Å². The molecule has 31 heavy (non-hydrogen) atoms. The highest BCUT2D eigenvalue weighted by atomic mass is 16.5. The third-order valence-electron chi connectivity index (χ3n) is 4.69. The van der Waals surface area contributed by atoms with E-state index < -0.39 is 0 Å². The van der Waals surface area contributed by atoms with Crippen LogP contribution in [0.2, 0.25) is 0 Å². The van der Waals surface area contributed by atoms with Gasteiger partial charge in [-0.2, -0.15) is 0 Å². The lowest BCUT2D eigenvalue weighted by molar-refractivity contribution is 0.102. The number of fused-ring (bicyclic) bond motifs is 1. The van der Waals surface area contributed by atoms with Crippen LogP contribution in [0.1, 0.15) is 24.2 Å². The van der Waals surface area contributed by atoms with Gasteiger partial charge in [0.2, 0.25) is 5.95 Å². The standard InChI is InChI=1S/C24H23N5O2/c1-15(2)27-24-26-14-18-12-20(22(31-3)13-21(18)29-24)17-5-4-6-19(11-17)28-23(30)16-7-9-25-10-8-16/h4-15H,1-3H3,(H,28,30)(H,26,27,29). The molecule has 0 aliphatic rings. The molecule has 0 saturated carbocycles. The SMILES string of the molecule is COc1cc2nc(NC(C)C)ncc2cc1-c1cccc(NC(=O)c2ccncc2)c1. The van der Waals surface area contributed by atoms with E-state index in [0.717, 1.165) is 22.0 Å². The molecule has 2 heterocycles. The summed E-state index contributed by atoms with van der Waals surface area (Å²) >= 11 is 0. The molecule has 0 aliphatic carbocycles. The van der Waals surface area contributed by atoms with Gasteiger partial charge in [-0.25, -0.2) is 9.97 Å². The number of benzene rings is 2. The van der Waals surface area contributed by atoms with Crippen molar-refractivity contribution in [1.29, 1.82) is 0 Å². The van der Waals surface area contributed by atoms with E-state index in [0.29, 0.717) is 22.9 Å². The largest absolute Gasteiger partial charge is 0.496 e. The highest BCUT2D eigenvalue weighted by Gasteiger charge is 2.12. The van der Waals surface area contributed by atoms with Gasteiger partial charge in [0.05, 0.1) is 12.6 Å².